The Bertz CT molecular complexity index is 662. The number of rotatable bonds is 6. The second kappa shape index (κ2) is 7.80. The Morgan fingerprint density at radius 1 is 1.59 bits per heavy atom. The molecule has 0 saturated carbocycles. The third kappa shape index (κ3) is 3.91. The monoisotopic (exact) mass is 356 g/mol. The van der Waals surface area contributed by atoms with Crippen molar-refractivity contribution >= 4 is 46.3 Å². The Morgan fingerprint density at radius 3 is 3.00 bits per heavy atom. The van der Waals surface area contributed by atoms with Crippen molar-refractivity contribution in [1.29, 1.82) is 0 Å². The van der Waals surface area contributed by atoms with Crippen molar-refractivity contribution in [1.82, 2.24) is 9.78 Å². The molecule has 5 nitrogen and oxygen atoms in total. The molecule has 0 aliphatic carbocycles. The van der Waals surface area contributed by atoms with E-state index in [9.17, 15) is 5.21 Å². The fraction of sp³-hybridized carbons (Fsp3) is 0.357. The van der Waals surface area contributed by atoms with Crippen molar-refractivity contribution in [2.75, 3.05) is 23.5 Å². The predicted molar refractivity (Wildman–Crippen MR) is 96.2 cm³/mol. The van der Waals surface area contributed by atoms with Gasteiger partial charge in [0.1, 0.15) is 5.69 Å². The maximum Gasteiger partial charge on any atom is 0.206 e. The van der Waals surface area contributed by atoms with Crippen LogP contribution >= 0.6 is 35.6 Å². The first-order valence-electron chi connectivity index (χ1n) is 6.80. The van der Waals surface area contributed by atoms with Crippen LogP contribution in [0.2, 0.25) is 5.15 Å². The molecule has 0 amide bonds. The van der Waals surface area contributed by atoms with Gasteiger partial charge in [0, 0.05) is 19.0 Å². The lowest BCUT2D eigenvalue weighted by Crippen LogP contribution is -2.29. The SMILES string of the molecule is CCN(C(=S)CCSC)c1cn(-c2ccc[n+]([O-])c2)nc1Cl. The minimum atomic E-state index is 0.370. The normalized spacial score (nSPS) is 10.7. The van der Waals surface area contributed by atoms with Gasteiger partial charge in [0.2, 0.25) is 6.20 Å². The molecule has 22 heavy (non-hydrogen) atoms. The summed E-state index contributed by atoms with van der Waals surface area (Å²) in [6.07, 6.45) is 7.53. The molecular formula is C14H17ClN4OS2. The van der Waals surface area contributed by atoms with Crippen molar-refractivity contribution in [3.8, 4) is 5.69 Å². The fourth-order valence-corrected chi connectivity index (χ4v) is 3.13. The molecule has 0 aliphatic rings. The van der Waals surface area contributed by atoms with Crippen molar-refractivity contribution in [2.24, 2.45) is 0 Å². The van der Waals surface area contributed by atoms with Crippen LogP contribution in [0.1, 0.15) is 13.3 Å². The molecule has 0 bridgehead atoms. The molecule has 0 spiro atoms. The molecule has 0 aliphatic heterocycles. The van der Waals surface area contributed by atoms with E-state index < -0.39 is 0 Å². The molecular weight excluding hydrogens is 340 g/mol. The van der Waals surface area contributed by atoms with Gasteiger partial charge >= 0.3 is 0 Å². The number of halogens is 1. The van der Waals surface area contributed by atoms with E-state index in [4.69, 9.17) is 23.8 Å². The smallest absolute Gasteiger partial charge is 0.206 e. The summed E-state index contributed by atoms with van der Waals surface area (Å²) in [5.41, 5.74) is 1.41. The number of hydrogen-bond acceptors (Lipinski definition) is 4. The third-order valence-corrected chi connectivity index (χ3v) is 4.41. The third-order valence-electron chi connectivity index (χ3n) is 3.10. The Labute approximate surface area is 144 Å². The fourth-order valence-electron chi connectivity index (χ4n) is 2.04. The lowest BCUT2D eigenvalue weighted by Gasteiger charge is -2.22. The van der Waals surface area contributed by atoms with Gasteiger partial charge in [0.25, 0.3) is 0 Å². The van der Waals surface area contributed by atoms with E-state index in [0.29, 0.717) is 10.8 Å². The summed E-state index contributed by atoms with van der Waals surface area (Å²) in [4.78, 5) is 2.82. The Morgan fingerprint density at radius 2 is 2.36 bits per heavy atom. The van der Waals surface area contributed by atoms with Gasteiger partial charge in [-0.1, -0.05) is 23.8 Å². The minimum absolute atomic E-state index is 0.370. The highest BCUT2D eigenvalue weighted by atomic mass is 35.5. The molecule has 2 heterocycles. The number of anilines is 1. The Hall–Kier alpha value is -1.31. The highest BCUT2D eigenvalue weighted by Gasteiger charge is 2.18. The van der Waals surface area contributed by atoms with Crippen LogP contribution < -0.4 is 9.63 Å². The molecule has 2 aromatic rings. The van der Waals surface area contributed by atoms with Gasteiger partial charge in [-0.2, -0.15) is 21.6 Å². The highest BCUT2D eigenvalue weighted by Crippen LogP contribution is 2.27. The first-order chi connectivity index (χ1) is 10.6. The molecule has 0 saturated heterocycles. The van der Waals surface area contributed by atoms with Gasteiger partial charge in [0.15, 0.2) is 11.3 Å². The number of nitrogens with zero attached hydrogens (tertiary/aromatic N) is 4. The molecule has 0 aromatic carbocycles. The zero-order valence-electron chi connectivity index (χ0n) is 12.4. The van der Waals surface area contributed by atoms with E-state index in [-0.39, 0.29) is 0 Å². The highest BCUT2D eigenvalue weighted by molar-refractivity contribution is 7.98. The van der Waals surface area contributed by atoms with E-state index >= 15 is 0 Å². The van der Waals surface area contributed by atoms with Gasteiger partial charge in [0.05, 0.1) is 16.9 Å². The van der Waals surface area contributed by atoms with E-state index in [1.54, 1.807) is 34.8 Å². The van der Waals surface area contributed by atoms with E-state index in [0.717, 1.165) is 34.1 Å². The number of thiocarbonyl (C=S) groups is 1. The van der Waals surface area contributed by atoms with E-state index in [1.165, 1.54) is 12.4 Å². The summed E-state index contributed by atoms with van der Waals surface area (Å²) in [5.74, 6) is 0.968. The lowest BCUT2D eigenvalue weighted by atomic mass is 10.3. The number of hydrogen-bond donors (Lipinski definition) is 0. The summed E-state index contributed by atoms with van der Waals surface area (Å²) < 4.78 is 2.32. The van der Waals surface area contributed by atoms with Crippen LogP contribution in [0, 0.1) is 5.21 Å². The van der Waals surface area contributed by atoms with E-state index in [1.807, 2.05) is 11.8 Å². The maximum atomic E-state index is 11.4. The number of pyridine rings is 1. The second-order valence-electron chi connectivity index (χ2n) is 4.55. The average Bonchev–Trinajstić information content (AvgIpc) is 2.88. The van der Waals surface area contributed by atoms with Crippen LogP contribution in [0.25, 0.3) is 5.69 Å². The first-order valence-corrected chi connectivity index (χ1v) is 8.98. The molecule has 2 aromatic heterocycles. The number of aromatic nitrogens is 3. The van der Waals surface area contributed by atoms with Gasteiger partial charge in [-0.05, 0) is 25.0 Å². The van der Waals surface area contributed by atoms with Gasteiger partial charge in [-0.3, -0.25) is 0 Å². The second-order valence-corrected chi connectivity index (χ2v) is 6.37. The molecule has 2 rings (SSSR count). The van der Waals surface area contributed by atoms with Crippen LogP contribution in [0.4, 0.5) is 5.69 Å². The van der Waals surface area contributed by atoms with Gasteiger partial charge < -0.3 is 10.1 Å². The zero-order valence-corrected chi connectivity index (χ0v) is 14.8. The molecule has 0 atom stereocenters. The quantitative estimate of drug-likeness (QED) is 0.452. The topological polar surface area (TPSA) is 48.0 Å². The van der Waals surface area contributed by atoms with Crippen molar-refractivity contribution in [3.63, 3.8) is 0 Å². The standard InChI is InChI=1S/C14H17ClN4OS2/c1-3-18(13(21)6-8-22-2)12-10-19(16-14(12)15)11-5-4-7-17(20)9-11/h4-5,7,9-10H,3,6,8H2,1-2H3. The molecule has 8 heteroatoms. The zero-order chi connectivity index (χ0) is 16.1. The lowest BCUT2D eigenvalue weighted by molar-refractivity contribution is -0.605. The van der Waals surface area contributed by atoms with Crippen molar-refractivity contribution in [3.05, 3.63) is 41.1 Å². The summed E-state index contributed by atoms with van der Waals surface area (Å²) in [7, 11) is 0. The maximum absolute atomic E-state index is 11.4. The van der Waals surface area contributed by atoms with Crippen molar-refractivity contribution < 1.29 is 4.73 Å². The molecule has 0 fully saturated rings. The first kappa shape index (κ1) is 17.1. The van der Waals surface area contributed by atoms with Crippen LogP contribution in [0.15, 0.2) is 30.7 Å². The minimum Gasteiger partial charge on any atom is -0.619 e. The van der Waals surface area contributed by atoms with Crippen LogP contribution in [-0.2, 0) is 0 Å². The number of thioether (sulfide) groups is 1. The molecule has 0 N–H and O–H groups in total. The summed E-state index contributed by atoms with van der Waals surface area (Å²) in [6.45, 7) is 2.74. The van der Waals surface area contributed by atoms with Crippen LogP contribution in [-0.4, -0.2) is 33.3 Å². The van der Waals surface area contributed by atoms with Crippen LogP contribution in [0.3, 0.4) is 0 Å². The molecule has 118 valence electrons. The van der Waals surface area contributed by atoms with Gasteiger partial charge in [-0.15, -0.1) is 0 Å². The molecule has 0 unspecified atom stereocenters. The predicted octanol–water partition coefficient (Wildman–Crippen LogP) is 3.07. The Balaban J connectivity index is 2.30. The summed E-state index contributed by atoms with van der Waals surface area (Å²) >= 11 is 13.5. The van der Waals surface area contributed by atoms with Gasteiger partial charge in [-0.25, -0.2) is 4.68 Å². The van der Waals surface area contributed by atoms with Crippen LogP contribution in [0.5, 0.6) is 0 Å². The average molecular weight is 357 g/mol. The molecule has 0 radical (unpaired) electrons. The Kier molecular flexibility index (Phi) is 6.05. The van der Waals surface area contributed by atoms with Crippen molar-refractivity contribution in [2.45, 2.75) is 13.3 Å². The summed E-state index contributed by atoms with van der Waals surface area (Å²) in [6, 6.07) is 3.46. The van der Waals surface area contributed by atoms with E-state index in [2.05, 4.69) is 11.4 Å². The largest absolute Gasteiger partial charge is 0.619 e. The summed E-state index contributed by atoms with van der Waals surface area (Å²) in [5, 5.41) is 16.0.